The Labute approximate surface area is 202 Å². The minimum atomic E-state index is 0. The molecule has 2 heteroatoms. The van der Waals surface area contributed by atoms with E-state index >= 15 is 0 Å². The monoisotopic (exact) mass is 489 g/mol. The van der Waals surface area contributed by atoms with Gasteiger partial charge in [-0.1, -0.05) is 89.1 Å². The molecule has 0 fully saturated rings. The molecular formula is C28H35SiZr-3. The molecule has 0 unspecified atom stereocenters. The van der Waals surface area contributed by atoms with E-state index in [1.54, 1.807) is 0 Å². The van der Waals surface area contributed by atoms with Gasteiger partial charge in [0.25, 0.3) is 0 Å². The molecule has 30 heavy (non-hydrogen) atoms. The van der Waals surface area contributed by atoms with Gasteiger partial charge in [0, 0.05) is 0 Å². The summed E-state index contributed by atoms with van der Waals surface area (Å²) in [6.07, 6.45) is 8.74. The van der Waals surface area contributed by atoms with E-state index in [1.165, 1.54) is 67.9 Å². The molecule has 0 saturated heterocycles. The van der Waals surface area contributed by atoms with Crippen LogP contribution in [0.15, 0.2) is 42.5 Å². The van der Waals surface area contributed by atoms with E-state index < -0.39 is 0 Å². The van der Waals surface area contributed by atoms with Gasteiger partial charge in [-0.05, 0) is 34.8 Å². The fraction of sp³-hybridized carbons (Fsp3) is 0.357. The van der Waals surface area contributed by atoms with Gasteiger partial charge in [-0.2, -0.15) is 12.1 Å². The van der Waals surface area contributed by atoms with Crippen molar-refractivity contribution in [3.05, 3.63) is 91.2 Å². The van der Waals surface area contributed by atoms with Crippen LogP contribution in [-0.2, 0) is 40.6 Å². The van der Waals surface area contributed by atoms with E-state index in [4.69, 9.17) is 0 Å². The second-order valence-corrected chi connectivity index (χ2v) is 9.82. The maximum absolute atomic E-state index is 3.85. The number of rotatable bonds is 1. The van der Waals surface area contributed by atoms with Crippen molar-refractivity contribution in [3.63, 3.8) is 0 Å². The summed E-state index contributed by atoms with van der Waals surface area (Å²) in [5, 5.41) is 0. The van der Waals surface area contributed by atoms with Crippen molar-refractivity contribution in [3.8, 4) is 11.1 Å². The van der Waals surface area contributed by atoms with Crippen LogP contribution in [0.1, 0.15) is 75.8 Å². The Morgan fingerprint density at radius 1 is 0.867 bits per heavy atom. The van der Waals surface area contributed by atoms with E-state index in [9.17, 15) is 0 Å². The Hall–Kier alpha value is -0.980. The van der Waals surface area contributed by atoms with Crippen LogP contribution in [0.5, 0.6) is 0 Å². The Morgan fingerprint density at radius 2 is 1.53 bits per heavy atom. The second-order valence-electron chi connectivity index (χ2n) is 9.82. The Kier molecular flexibility index (Phi) is 9.10. The van der Waals surface area contributed by atoms with E-state index in [2.05, 4.69) is 97.0 Å². The molecule has 0 saturated carbocycles. The molecule has 2 aromatic carbocycles. The standard InChI is InChI=1S/C26H29.2CH3.Si.Zr/c1-25(2,3)20-11-12-21-18(14-20)13-19-15-24(26(4,5)6)23(16-22(19)21)17-9-7-8-10-17;;;;/h7-9,11-12,14,16H,10,13H2,1-6H3;2*1H3;;/q3*-1;;. The third-order valence-electron chi connectivity index (χ3n) is 5.65. The van der Waals surface area contributed by atoms with Gasteiger partial charge in [0.15, 0.2) is 0 Å². The Morgan fingerprint density at radius 3 is 2.07 bits per heavy atom. The van der Waals surface area contributed by atoms with Gasteiger partial charge >= 0.3 is 30.2 Å². The SMILES string of the molecule is CC(C)(C)c1ccc2c(c1)Cc1[c-]c(C(C)(C)C)c(C3=CC=CC3)cc1-2.[CH3-].[CH3-].[Si]=[Zr]. The molecule has 158 valence electrons. The molecule has 2 aromatic rings. The maximum atomic E-state index is 3.85. The summed E-state index contributed by atoms with van der Waals surface area (Å²) in [6.45, 7) is 16.8. The fourth-order valence-electron chi connectivity index (χ4n) is 4.12. The van der Waals surface area contributed by atoms with Crippen LogP contribution in [0, 0.1) is 20.9 Å². The molecular weight excluding hydrogens is 456 g/mol. The Bertz CT molecular complexity index is 965. The topological polar surface area (TPSA) is 0 Å². The summed E-state index contributed by atoms with van der Waals surface area (Å²) in [6, 6.07) is 13.3. The first kappa shape index (κ1) is 27.1. The number of hydrogen-bond acceptors (Lipinski definition) is 0. The number of allylic oxidation sites excluding steroid dienone is 4. The predicted octanol–water partition coefficient (Wildman–Crippen LogP) is 7.51. The molecule has 0 bridgehead atoms. The zero-order valence-corrected chi connectivity index (χ0v) is 23.4. The van der Waals surface area contributed by atoms with Gasteiger partial charge in [0.05, 0.1) is 0 Å². The van der Waals surface area contributed by atoms with Crippen molar-refractivity contribution in [2.45, 2.75) is 65.2 Å². The van der Waals surface area contributed by atoms with Gasteiger partial charge < -0.3 is 14.9 Å². The Balaban J connectivity index is 0.00000109. The quantitative estimate of drug-likeness (QED) is 0.244. The van der Waals surface area contributed by atoms with Crippen molar-refractivity contribution >= 4 is 12.5 Å². The third-order valence-corrected chi connectivity index (χ3v) is 5.65. The normalized spacial score (nSPS) is 13.8. The molecule has 4 rings (SSSR count). The summed E-state index contributed by atoms with van der Waals surface area (Å²) in [7, 11) is 0. The average molecular weight is 491 g/mol. The van der Waals surface area contributed by atoms with E-state index in [0.29, 0.717) is 0 Å². The predicted molar refractivity (Wildman–Crippen MR) is 131 cm³/mol. The molecule has 2 aliphatic rings. The zero-order chi connectivity index (χ0) is 20.7. The first-order valence-corrected chi connectivity index (χ1v) is 14.2. The first-order valence-electron chi connectivity index (χ1n) is 9.99. The summed E-state index contributed by atoms with van der Waals surface area (Å²) >= 11 is 1.36. The van der Waals surface area contributed by atoms with Crippen LogP contribution in [0.3, 0.4) is 0 Å². The van der Waals surface area contributed by atoms with Crippen molar-refractivity contribution in [1.29, 1.82) is 0 Å². The number of hydrogen-bond donors (Lipinski definition) is 0. The summed E-state index contributed by atoms with van der Waals surface area (Å²) in [4.78, 5) is 0. The summed E-state index contributed by atoms with van der Waals surface area (Å²) < 4.78 is 0. The molecule has 0 heterocycles. The van der Waals surface area contributed by atoms with Crippen LogP contribution in [0.25, 0.3) is 16.7 Å². The van der Waals surface area contributed by atoms with Gasteiger partial charge in [-0.3, -0.25) is 0 Å². The molecule has 2 radical (unpaired) electrons. The van der Waals surface area contributed by atoms with E-state index in [-0.39, 0.29) is 25.7 Å². The summed E-state index contributed by atoms with van der Waals surface area (Å²) in [5.41, 5.74) is 11.5. The fourth-order valence-corrected chi connectivity index (χ4v) is 4.12. The van der Waals surface area contributed by atoms with Gasteiger partial charge in [0.1, 0.15) is 0 Å². The number of fused-ring (bicyclic) bond motifs is 3. The van der Waals surface area contributed by atoms with Gasteiger partial charge in [-0.25, -0.2) is 0 Å². The molecule has 0 aliphatic heterocycles. The van der Waals surface area contributed by atoms with Crippen molar-refractivity contribution in [1.82, 2.24) is 0 Å². The van der Waals surface area contributed by atoms with Crippen LogP contribution in [-0.4, -0.2) is 6.88 Å². The molecule has 0 atom stereocenters. The molecule has 2 aliphatic carbocycles. The van der Waals surface area contributed by atoms with Crippen molar-refractivity contribution in [2.24, 2.45) is 0 Å². The third kappa shape index (κ3) is 5.25. The van der Waals surface area contributed by atoms with Crippen LogP contribution < -0.4 is 0 Å². The molecule has 0 aromatic heterocycles. The molecule has 0 amide bonds. The van der Waals surface area contributed by atoms with Crippen molar-refractivity contribution < 1.29 is 23.3 Å². The minimum absolute atomic E-state index is 0. The zero-order valence-electron chi connectivity index (χ0n) is 20.0. The van der Waals surface area contributed by atoms with Crippen LogP contribution in [0.4, 0.5) is 0 Å². The first-order chi connectivity index (χ1) is 13.1. The van der Waals surface area contributed by atoms with Crippen LogP contribution in [0.2, 0.25) is 0 Å². The van der Waals surface area contributed by atoms with Crippen molar-refractivity contribution in [2.75, 3.05) is 0 Å². The molecule has 0 N–H and O–H groups in total. The summed E-state index contributed by atoms with van der Waals surface area (Å²) in [5.74, 6) is 0. The molecule has 0 nitrogen and oxygen atoms in total. The van der Waals surface area contributed by atoms with Gasteiger partial charge in [-0.15, -0.1) is 22.3 Å². The molecule has 0 spiro atoms. The van der Waals surface area contributed by atoms with E-state index in [0.717, 1.165) is 12.8 Å². The van der Waals surface area contributed by atoms with Crippen LogP contribution >= 0.6 is 0 Å². The number of benzene rings is 2. The second kappa shape index (κ2) is 10.1. The van der Waals surface area contributed by atoms with E-state index in [1.807, 2.05) is 0 Å². The van der Waals surface area contributed by atoms with Gasteiger partial charge in [0.2, 0.25) is 0 Å². The average Bonchev–Trinajstić information content (AvgIpc) is 3.27.